The highest BCUT2D eigenvalue weighted by Crippen LogP contribution is 2.45. The van der Waals surface area contributed by atoms with Crippen molar-refractivity contribution in [2.75, 3.05) is 39.6 Å². The number of hydrogen-bond acceptors (Lipinski definition) is 15. The fraction of sp³-hybridized carbons (Fsp3) is 0.948. The van der Waals surface area contributed by atoms with Crippen LogP contribution in [0.1, 0.15) is 395 Å². The quantitative estimate of drug-likeness (QED) is 0.0222. The molecular weight excluding hydrogens is 1260 g/mol. The van der Waals surface area contributed by atoms with Crippen LogP contribution >= 0.6 is 15.6 Å². The van der Waals surface area contributed by atoms with E-state index < -0.39 is 97.5 Å². The molecule has 96 heavy (non-hydrogen) atoms. The number of ether oxygens (including phenoxy) is 4. The lowest BCUT2D eigenvalue weighted by atomic mass is 10.0. The second kappa shape index (κ2) is 67.5. The third kappa shape index (κ3) is 70.5. The molecule has 19 heteroatoms. The van der Waals surface area contributed by atoms with E-state index >= 15 is 0 Å². The molecule has 0 aromatic carbocycles. The van der Waals surface area contributed by atoms with Crippen molar-refractivity contribution in [3.8, 4) is 0 Å². The van der Waals surface area contributed by atoms with Gasteiger partial charge in [0.1, 0.15) is 19.3 Å². The lowest BCUT2D eigenvalue weighted by Gasteiger charge is -2.21. The van der Waals surface area contributed by atoms with Crippen LogP contribution in [-0.4, -0.2) is 96.7 Å². The zero-order chi connectivity index (χ0) is 70.9. The standard InChI is InChI=1S/C77H150O17P2/c1-8-9-10-11-12-13-14-15-16-17-18-19-20-21-24-28-31-37-46-53-60-76(81)93-72(64-87-74(79)58-51-44-36-30-27-25-22-23-26-29-34-41-48-55-68(2)3)66-91-95(83,84)89-62-71(78)63-90-96(85,86)92-67-73(65-88-75(80)59-52-45-40-39-43-50-57-70(6)7)94-77(82)61-54-47-38-33-32-35-42-49-56-69(4)5/h68-73,78H,8-67H2,1-7H3,(H,83,84)(H,85,86)/t71-,72-,73-/m1/s1. The third-order valence-corrected chi connectivity index (χ3v) is 19.8. The van der Waals surface area contributed by atoms with Crippen LogP contribution in [0.15, 0.2) is 0 Å². The van der Waals surface area contributed by atoms with Gasteiger partial charge in [0.15, 0.2) is 12.2 Å². The van der Waals surface area contributed by atoms with E-state index in [-0.39, 0.29) is 25.7 Å². The molecule has 0 fully saturated rings. The molecule has 5 atom stereocenters. The lowest BCUT2D eigenvalue weighted by Crippen LogP contribution is -2.30. The van der Waals surface area contributed by atoms with Crippen molar-refractivity contribution in [1.29, 1.82) is 0 Å². The van der Waals surface area contributed by atoms with Gasteiger partial charge >= 0.3 is 39.5 Å². The highest BCUT2D eigenvalue weighted by atomic mass is 31.2. The van der Waals surface area contributed by atoms with E-state index in [4.69, 9.17) is 37.0 Å². The van der Waals surface area contributed by atoms with Crippen LogP contribution in [-0.2, 0) is 65.4 Å². The minimum absolute atomic E-state index is 0.103. The van der Waals surface area contributed by atoms with Gasteiger partial charge in [0.05, 0.1) is 26.4 Å². The summed E-state index contributed by atoms with van der Waals surface area (Å²) >= 11 is 0. The number of aliphatic hydroxyl groups is 1. The Bertz CT molecular complexity index is 1870. The Balaban J connectivity index is 5.21. The summed E-state index contributed by atoms with van der Waals surface area (Å²) in [5.74, 6) is 0.0675. The Morgan fingerprint density at radius 3 is 0.708 bits per heavy atom. The summed E-state index contributed by atoms with van der Waals surface area (Å²) in [5, 5.41) is 10.6. The van der Waals surface area contributed by atoms with Gasteiger partial charge in [0.2, 0.25) is 0 Å². The Morgan fingerprint density at radius 1 is 0.281 bits per heavy atom. The summed E-state index contributed by atoms with van der Waals surface area (Å²) in [6.07, 6.45) is 54.5. The molecule has 0 saturated heterocycles. The maximum Gasteiger partial charge on any atom is 0.472 e. The lowest BCUT2D eigenvalue weighted by molar-refractivity contribution is -0.161. The van der Waals surface area contributed by atoms with Gasteiger partial charge in [-0.2, -0.15) is 0 Å². The van der Waals surface area contributed by atoms with E-state index in [1.165, 1.54) is 199 Å². The molecule has 0 heterocycles. The molecule has 2 unspecified atom stereocenters. The smallest absolute Gasteiger partial charge is 0.462 e. The molecule has 0 radical (unpaired) electrons. The fourth-order valence-corrected chi connectivity index (χ4v) is 13.4. The van der Waals surface area contributed by atoms with Crippen molar-refractivity contribution in [3.63, 3.8) is 0 Å². The predicted octanol–water partition coefficient (Wildman–Crippen LogP) is 22.6. The summed E-state index contributed by atoms with van der Waals surface area (Å²) in [7, 11) is -9.91. The van der Waals surface area contributed by atoms with Crippen LogP contribution in [0, 0.1) is 17.8 Å². The summed E-state index contributed by atoms with van der Waals surface area (Å²) in [5.41, 5.74) is 0. The number of hydrogen-bond donors (Lipinski definition) is 3. The van der Waals surface area contributed by atoms with E-state index in [9.17, 15) is 43.2 Å². The first-order valence-corrected chi connectivity index (χ1v) is 42.8. The second-order valence-corrected chi connectivity index (χ2v) is 32.1. The maximum absolute atomic E-state index is 13.1. The first-order valence-electron chi connectivity index (χ1n) is 39.8. The molecule has 0 aliphatic carbocycles. The molecule has 0 aliphatic rings. The SMILES string of the molecule is CCCCCCCCCCCCCCCCCCCCCCC(=O)O[C@H](COC(=O)CCCCCCCCCCCCCCCC(C)C)COP(=O)(O)OC[C@@H](O)COP(=O)(O)OC[C@@H](COC(=O)CCCCCCCCC(C)C)OC(=O)CCCCCCCCCCC(C)C. The van der Waals surface area contributed by atoms with Gasteiger partial charge in [-0.1, -0.05) is 344 Å². The predicted molar refractivity (Wildman–Crippen MR) is 391 cm³/mol. The summed E-state index contributed by atoms with van der Waals surface area (Å²) in [4.78, 5) is 72.8. The Hall–Kier alpha value is -1.94. The molecule has 0 bridgehead atoms. The van der Waals surface area contributed by atoms with Crippen LogP contribution < -0.4 is 0 Å². The van der Waals surface area contributed by atoms with Crippen LogP contribution in [0.3, 0.4) is 0 Å². The molecule has 0 spiro atoms. The van der Waals surface area contributed by atoms with Gasteiger partial charge < -0.3 is 33.8 Å². The van der Waals surface area contributed by atoms with Crippen molar-refractivity contribution >= 4 is 39.5 Å². The average molecular weight is 1410 g/mol. The van der Waals surface area contributed by atoms with E-state index in [1.54, 1.807) is 0 Å². The molecule has 0 amide bonds. The highest BCUT2D eigenvalue weighted by molar-refractivity contribution is 7.47. The van der Waals surface area contributed by atoms with E-state index in [0.717, 1.165) is 108 Å². The number of carbonyl (C=O) groups excluding carboxylic acids is 4. The number of rotatable bonds is 75. The molecule has 0 aromatic rings. The monoisotopic (exact) mass is 1410 g/mol. The normalized spacial score (nSPS) is 14.1. The Kier molecular flexibility index (Phi) is 66.2. The van der Waals surface area contributed by atoms with Crippen molar-refractivity contribution in [2.24, 2.45) is 17.8 Å². The zero-order valence-electron chi connectivity index (χ0n) is 62.8. The topological polar surface area (TPSA) is 237 Å². The van der Waals surface area contributed by atoms with E-state index in [2.05, 4.69) is 48.5 Å². The van der Waals surface area contributed by atoms with Gasteiger partial charge in [-0.15, -0.1) is 0 Å². The fourth-order valence-electron chi connectivity index (χ4n) is 11.8. The van der Waals surface area contributed by atoms with Gasteiger partial charge in [-0.05, 0) is 43.4 Å². The molecule has 0 saturated carbocycles. The van der Waals surface area contributed by atoms with Gasteiger partial charge in [-0.25, -0.2) is 9.13 Å². The molecular formula is C77H150O17P2. The first-order chi connectivity index (χ1) is 46.2. The number of phosphoric ester groups is 2. The summed E-state index contributed by atoms with van der Waals surface area (Å²) in [6.45, 7) is 11.8. The minimum Gasteiger partial charge on any atom is -0.462 e. The maximum atomic E-state index is 13.1. The number of phosphoric acid groups is 2. The third-order valence-electron chi connectivity index (χ3n) is 17.9. The Labute approximate surface area is 588 Å². The zero-order valence-corrected chi connectivity index (χ0v) is 64.6. The largest absolute Gasteiger partial charge is 0.472 e. The van der Waals surface area contributed by atoms with E-state index in [1.807, 2.05) is 0 Å². The van der Waals surface area contributed by atoms with Gasteiger partial charge in [0.25, 0.3) is 0 Å². The van der Waals surface area contributed by atoms with Gasteiger partial charge in [0, 0.05) is 25.7 Å². The van der Waals surface area contributed by atoms with Crippen molar-refractivity contribution in [1.82, 2.24) is 0 Å². The number of esters is 4. The van der Waals surface area contributed by atoms with E-state index in [0.29, 0.717) is 31.6 Å². The highest BCUT2D eigenvalue weighted by Gasteiger charge is 2.30. The minimum atomic E-state index is -4.96. The summed E-state index contributed by atoms with van der Waals surface area (Å²) < 4.78 is 68.5. The molecule has 3 N–H and O–H groups in total. The molecule has 0 aromatic heterocycles. The van der Waals surface area contributed by atoms with Crippen LogP contribution in [0.4, 0.5) is 0 Å². The number of aliphatic hydroxyl groups excluding tert-OH is 1. The van der Waals surface area contributed by atoms with Crippen molar-refractivity contribution in [3.05, 3.63) is 0 Å². The summed E-state index contributed by atoms with van der Waals surface area (Å²) in [6, 6.07) is 0. The van der Waals surface area contributed by atoms with Crippen molar-refractivity contribution < 1.29 is 80.2 Å². The number of carbonyl (C=O) groups is 4. The second-order valence-electron chi connectivity index (χ2n) is 29.2. The van der Waals surface area contributed by atoms with Crippen LogP contribution in [0.5, 0.6) is 0 Å². The van der Waals surface area contributed by atoms with Gasteiger partial charge in [-0.3, -0.25) is 37.3 Å². The Morgan fingerprint density at radius 2 is 0.479 bits per heavy atom. The average Bonchev–Trinajstić information content (AvgIpc) is 1.52. The molecule has 0 rings (SSSR count). The molecule has 0 aliphatic heterocycles. The van der Waals surface area contributed by atoms with Crippen molar-refractivity contribution in [2.45, 2.75) is 414 Å². The number of unbranched alkanes of at least 4 members (excludes halogenated alkanes) is 43. The van der Waals surface area contributed by atoms with Crippen LogP contribution in [0.25, 0.3) is 0 Å². The molecule has 570 valence electrons. The molecule has 17 nitrogen and oxygen atoms in total. The first kappa shape index (κ1) is 94.1. The van der Waals surface area contributed by atoms with Crippen LogP contribution in [0.2, 0.25) is 0 Å².